The van der Waals surface area contributed by atoms with Gasteiger partial charge in [0, 0.05) is 58.4 Å². The summed E-state index contributed by atoms with van der Waals surface area (Å²) in [4.78, 5) is 15.4. The van der Waals surface area contributed by atoms with Gasteiger partial charge in [-0.2, -0.15) is 13.2 Å². The second-order valence-electron chi connectivity index (χ2n) is 11.3. The number of halogens is 3. The number of nitrogens with one attached hydrogen (secondary N) is 1. The summed E-state index contributed by atoms with van der Waals surface area (Å²) in [5.74, 6) is -0.127. The minimum Gasteiger partial charge on any atom is -0.493 e. The number of rotatable bonds is 9. The van der Waals surface area contributed by atoms with Crippen LogP contribution in [0.5, 0.6) is 5.75 Å². The molecule has 2 saturated heterocycles. The van der Waals surface area contributed by atoms with Crippen LogP contribution in [-0.4, -0.2) is 70.6 Å². The highest BCUT2D eigenvalue weighted by Crippen LogP contribution is 2.52. The summed E-state index contributed by atoms with van der Waals surface area (Å²) < 4.78 is 61.6. The number of fused-ring (bicyclic) bond motifs is 1. The van der Waals surface area contributed by atoms with Gasteiger partial charge >= 0.3 is 6.18 Å². The number of hydrogen-bond donors (Lipinski definition) is 1. The minimum atomic E-state index is -4.96. The second-order valence-corrected chi connectivity index (χ2v) is 11.3. The van der Waals surface area contributed by atoms with Crippen LogP contribution in [0.1, 0.15) is 42.7 Å². The van der Waals surface area contributed by atoms with Gasteiger partial charge in [-0.25, -0.2) is 0 Å². The summed E-state index contributed by atoms with van der Waals surface area (Å²) >= 11 is 0. The van der Waals surface area contributed by atoms with E-state index in [0.29, 0.717) is 36.8 Å². The van der Waals surface area contributed by atoms with Crippen LogP contribution < -0.4 is 10.1 Å². The highest BCUT2D eigenvalue weighted by atomic mass is 19.4. The molecule has 0 bridgehead atoms. The van der Waals surface area contributed by atoms with Crippen molar-refractivity contribution in [1.29, 1.82) is 0 Å². The number of amides is 1. The van der Waals surface area contributed by atoms with Gasteiger partial charge in [0.2, 0.25) is 0 Å². The highest BCUT2D eigenvalue weighted by molar-refractivity contribution is 5.95. The molecule has 0 unspecified atom stereocenters. The number of carbonyl (C=O) groups excluding carboxylic acids is 1. The molecule has 0 aromatic heterocycles. The molecular weight excluding hydrogens is 545 g/mol. The molecular formula is C33H39F3N2O4. The van der Waals surface area contributed by atoms with Crippen LogP contribution in [0, 0.1) is 5.41 Å². The number of hydrogen-bond acceptors (Lipinski definition) is 5. The average molecular weight is 585 g/mol. The number of piperidine rings is 2. The van der Waals surface area contributed by atoms with E-state index in [9.17, 15) is 4.79 Å². The molecule has 9 heteroatoms. The van der Waals surface area contributed by atoms with Crippen molar-refractivity contribution < 1.29 is 32.2 Å². The Hall–Kier alpha value is -3.14. The van der Waals surface area contributed by atoms with Gasteiger partial charge in [-0.05, 0) is 53.6 Å². The lowest BCUT2D eigenvalue weighted by atomic mass is 9.62. The number of carbonyl (C=O) groups is 1. The zero-order chi connectivity index (χ0) is 29.8. The van der Waals surface area contributed by atoms with Gasteiger partial charge in [-0.15, -0.1) is 0 Å². The van der Waals surface area contributed by atoms with Crippen LogP contribution in [0.4, 0.5) is 13.2 Å². The predicted octanol–water partition coefficient (Wildman–Crippen LogP) is 6.05. The van der Waals surface area contributed by atoms with E-state index in [-0.39, 0.29) is 30.0 Å². The summed E-state index contributed by atoms with van der Waals surface area (Å²) in [6, 6.07) is 19.4. The third-order valence-electron chi connectivity index (χ3n) is 9.15. The Balaban J connectivity index is 1.42. The SMILES string of the molecule is COCCCOc1ccccc1[C@H]1CNCCC12CCN(C(=O)[C@@](OC)(c1cccc3ccccc13)C(F)(F)F)CC2. The number of likely N-dealkylation sites (tertiary alicyclic amines) is 1. The fourth-order valence-electron chi connectivity index (χ4n) is 6.91. The summed E-state index contributed by atoms with van der Waals surface area (Å²) in [7, 11) is 2.64. The second kappa shape index (κ2) is 12.6. The zero-order valence-electron chi connectivity index (χ0n) is 24.2. The molecule has 2 heterocycles. The van der Waals surface area contributed by atoms with Crippen molar-refractivity contribution in [3.8, 4) is 5.75 Å². The maximum Gasteiger partial charge on any atom is 0.431 e. The minimum absolute atomic E-state index is 0.106. The van der Waals surface area contributed by atoms with Crippen molar-refractivity contribution in [1.82, 2.24) is 10.2 Å². The fourth-order valence-corrected chi connectivity index (χ4v) is 6.91. The third kappa shape index (κ3) is 5.50. The molecule has 5 rings (SSSR count). The smallest absolute Gasteiger partial charge is 0.431 e. The number of methoxy groups -OCH3 is 2. The molecule has 1 amide bonds. The Morgan fingerprint density at radius 1 is 0.952 bits per heavy atom. The maximum atomic E-state index is 15.0. The van der Waals surface area contributed by atoms with E-state index >= 15 is 13.2 Å². The van der Waals surface area contributed by atoms with Crippen LogP contribution in [0.25, 0.3) is 10.8 Å². The average Bonchev–Trinajstić information content (AvgIpc) is 3.00. The summed E-state index contributed by atoms with van der Waals surface area (Å²) in [5, 5.41) is 4.48. The first kappa shape index (κ1) is 30.3. The Bertz CT molecular complexity index is 1370. The van der Waals surface area contributed by atoms with Crippen molar-refractivity contribution in [2.75, 3.05) is 53.6 Å². The first-order valence-electron chi connectivity index (χ1n) is 14.6. The summed E-state index contributed by atoms with van der Waals surface area (Å²) in [5.41, 5.74) is -2.35. The lowest BCUT2D eigenvalue weighted by molar-refractivity contribution is -0.270. The standard InChI is InChI=1S/C33H39F3N2O4/c1-40-21-8-22-42-29-14-6-5-12-26(29)28-23-37-18-15-31(28)16-19-38(20-17-31)30(39)32(41-2,33(34,35)36)27-13-7-10-24-9-3-4-11-25(24)27/h3-7,9-14,28,37H,8,15-23H2,1-2H3/t28-,32+/m1/s1. The van der Waals surface area contributed by atoms with Gasteiger partial charge < -0.3 is 24.4 Å². The van der Waals surface area contributed by atoms with Crippen molar-refractivity contribution in [2.24, 2.45) is 5.41 Å². The van der Waals surface area contributed by atoms with Crippen LogP contribution in [0.15, 0.2) is 66.7 Å². The summed E-state index contributed by atoms with van der Waals surface area (Å²) in [6.45, 7) is 3.15. The van der Waals surface area contributed by atoms with Crippen molar-refractivity contribution in [2.45, 2.75) is 43.4 Å². The first-order valence-corrected chi connectivity index (χ1v) is 14.6. The van der Waals surface area contributed by atoms with Gasteiger partial charge in [0.25, 0.3) is 11.5 Å². The third-order valence-corrected chi connectivity index (χ3v) is 9.15. The van der Waals surface area contributed by atoms with Gasteiger partial charge in [0.15, 0.2) is 0 Å². The number of alkyl halides is 3. The summed E-state index contributed by atoms with van der Waals surface area (Å²) in [6.07, 6.45) is -2.14. The lowest BCUT2D eigenvalue weighted by Crippen LogP contribution is -2.60. The number of ether oxygens (including phenoxy) is 3. The van der Waals surface area contributed by atoms with E-state index in [1.54, 1.807) is 43.5 Å². The normalized spacial score (nSPS) is 20.4. The Morgan fingerprint density at radius 3 is 2.40 bits per heavy atom. The zero-order valence-corrected chi connectivity index (χ0v) is 24.2. The quantitative estimate of drug-likeness (QED) is 0.311. The monoisotopic (exact) mass is 584 g/mol. The van der Waals surface area contributed by atoms with E-state index in [0.717, 1.165) is 44.4 Å². The predicted molar refractivity (Wildman–Crippen MR) is 156 cm³/mol. The van der Waals surface area contributed by atoms with Crippen molar-refractivity contribution >= 4 is 16.7 Å². The molecule has 6 nitrogen and oxygen atoms in total. The van der Waals surface area contributed by atoms with Gasteiger partial charge in [-0.3, -0.25) is 4.79 Å². The Labute approximate surface area is 245 Å². The molecule has 3 aromatic rings. The lowest BCUT2D eigenvalue weighted by Gasteiger charge is -2.51. The molecule has 2 fully saturated rings. The van der Waals surface area contributed by atoms with E-state index < -0.39 is 17.7 Å². The van der Waals surface area contributed by atoms with Crippen molar-refractivity contribution in [3.63, 3.8) is 0 Å². The molecule has 42 heavy (non-hydrogen) atoms. The van der Waals surface area contributed by atoms with Crippen LogP contribution in [0.2, 0.25) is 0 Å². The highest BCUT2D eigenvalue weighted by Gasteiger charge is 2.64. The maximum absolute atomic E-state index is 15.0. The molecule has 1 N–H and O–H groups in total. The van der Waals surface area contributed by atoms with Crippen LogP contribution in [0.3, 0.4) is 0 Å². The Morgan fingerprint density at radius 2 is 1.67 bits per heavy atom. The van der Waals surface area contributed by atoms with E-state index in [4.69, 9.17) is 14.2 Å². The fraction of sp³-hybridized carbons (Fsp3) is 0.485. The molecule has 2 aliphatic heterocycles. The molecule has 0 aliphatic carbocycles. The number of para-hydroxylation sites is 1. The van der Waals surface area contributed by atoms with Gasteiger partial charge in [-0.1, -0.05) is 60.7 Å². The van der Waals surface area contributed by atoms with Crippen LogP contribution >= 0.6 is 0 Å². The van der Waals surface area contributed by atoms with Crippen LogP contribution in [-0.2, 0) is 19.9 Å². The molecule has 2 atom stereocenters. The Kier molecular flexibility index (Phi) is 9.11. The molecule has 1 spiro atoms. The van der Waals surface area contributed by atoms with Crippen molar-refractivity contribution in [3.05, 3.63) is 77.9 Å². The topological polar surface area (TPSA) is 60.0 Å². The van der Waals surface area contributed by atoms with E-state index in [1.807, 2.05) is 18.2 Å². The van der Waals surface area contributed by atoms with E-state index in [2.05, 4.69) is 11.4 Å². The molecule has 2 aliphatic rings. The molecule has 226 valence electrons. The van der Waals surface area contributed by atoms with E-state index in [1.165, 1.54) is 11.0 Å². The number of nitrogens with zero attached hydrogens (tertiary/aromatic N) is 1. The first-order chi connectivity index (χ1) is 20.3. The molecule has 0 radical (unpaired) electrons. The van der Waals surface area contributed by atoms with Gasteiger partial charge in [0.05, 0.1) is 6.61 Å². The largest absolute Gasteiger partial charge is 0.493 e. The molecule has 3 aromatic carbocycles. The van der Waals surface area contributed by atoms with Gasteiger partial charge in [0.1, 0.15) is 5.75 Å². The number of benzene rings is 3. The molecule has 0 saturated carbocycles.